The zero-order valence-electron chi connectivity index (χ0n) is 11.6. The second-order valence-electron chi connectivity index (χ2n) is 5.57. The molecule has 2 atom stereocenters. The molecular weight excluding hydrogens is 262 g/mol. The lowest BCUT2D eigenvalue weighted by molar-refractivity contribution is -0.119. The fourth-order valence-electron chi connectivity index (χ4n) is 3.37. The van der Waals surface area contributed by atoms with Gasteiger partial charge in [-0.3, -0.25) is 0 Å². The van der Waals surface area contributed by atoms with Crippen molar-refractivity contribution in [3.05, 3.63) is 5.01 Å². The number of anilines is 1. The lowest BCUT2D eigenvalue weighted by atomic mass is 9.73. The van der Waals surface area contributed by atoms with E-state index < -0.39 is 0 Å². The Morgan fingerprint density at radius 3 is 3.16 bits per heavy atom. The van der Waals surface area contributed by atoms with Gasteiger partial charge in [0.05, 0.1) is 12.7 Å². The highest BCUT2D eigenvalue weighted by Crippen LogP contribution is 2.41. The van der Waals surface area contributed by atoms with Gasteiger partial charge in [0.2, 0.25) is 5.13 Å². The van der Waals surface area contributed by atoms with Crippen LogP contribution in [0.3, 0.4) is 0 Å². The van der Waals surface area contributed by atoms with Gasteiger partial charge in [-0.1, -0.05) is 11.3 Å². The number of hydrogen-bond acceptors (Lipinski definition) is 6. The van der Waals surface area contributed by atoms with E-state index in [9.17, 15) is 0 Å². The lowest BCUT2D eigenvalue weighted by Gasteiger charge is -2.50. The molecule has 3 rings (SSSR count). The molecule has 5 nitrogen and oxygen atoms in total. The smallest absolute Gasteiger partial charge is 0.208 e. The van der Waals surface area contributed by atoms with E-state index in [0.717, 1.165) is 49.3 Å². The van der Waals surface area contributed by atoms with E-state index >= 15 is 0 Å². The number of methoxy groups -OCH3 is 1. The average Bonchev–Trinajstić information content (AvgIpc) is 2.85. The van der Waals surface area contributed by atoms with E-state index in [1.54, 1.807) is 18.4 Å². The van der Waals surface area contributed by atoms with Gasteiger partial charge in [-0.15, -0.1) is 10.2 Å². The number of hydrogen-bond donors (Lipinski definition) is 0. The first kappa shape index (κ1) is 13.3. The molecule has 2 aliphatic heterocycles. The highest BCUT2D eigenvalue weighted by molar-refractivity contribution is 7.15. The fraction of sp³-hybridized carbons (Fsp3) is 0.846. The molecule has 0 amide bonds. The number of aromatic nitrogens is 2. The van der Waals surface area contributed by atoms with E-state index in [0.29, 0.717) is 6.10 Å². The van der Waals surface area contributed by atoms with Crippen LogP contribution in [0.25, 0.3) is 0 Å². The second-order valence-corrected chi connectivity index (χ2v) is 6.73. The molecule has 0 N–H and O–H groups in total. The Morgan fingerprint density at radius 2 is 2.42 bits per heavy atom. The first-order valence-electron chi connectivity index (χ1n) is 6.89. The van der Waals surface area contributed by atoms with Crippen LogP contribution in [0.2, 0.25) is 0 Å². The van der Waals surface area contributed by atoms with Gasteiger partial charge in [-0.2, -0.15) is 0 Å². The monoisotopic (exact) mass is 283 g/mol. The minimum Gasteiger partial charge on any atom is -0.384 e. The van der Waals surface area contributed by atoms with Crippen molar-refractivity contribution >= 4 is 16.5 Å². The van der Waals surface area contributed by atoms with Gasteiger partial charge >= 0.3 is 0 Å². The molecule has 2 saturated heterocycles. The van der Waals surface area contributed by atoms with Crippen molar-refractivity contribution in [1.82, 2.24) is 10.2 Å². The second kappa shape index (κ2) is 5.34. The minimum atomic E-state index is 0.130. The molecular formula is C13H21N3O2S. The zero-order chi connectivity index (χ0) is 13.3. The molecule has 0 aliphatic carbocycles. The maximum absolute atomic E-state index is 5.99. The van der Waals surface area contributed by atoms with Gasteiger partial charge in [0.15, 0.2) is 0 Å². The van der Waals surface area contributed by atoms with Crippen LogP contribution in [0.4, 0.5) is 5.13 Å². The molecule has 0 bridgehead atoms. The van der Waals surface area contributed by atoms with Crippen molar-refractivity contribution < 1.29 is 9.47 Å². The Balaban J connectivity index is 1.80. The summed E-state index contributed by atoms with van der Waals surface area (Å²) < 4.78 is 11.5. The average molecular weight is 283 g/mol. The van der Waals surface area contributed by atoms with E-state index in [2.05, 4.69) is 15.1 Å². The first-order chi connectivity index (χ1) is 9.23. The number of piperidine rings is 1. The molecule has 1 aromatic heterocycles. The summed E-state index contributed by atoms with van der Waals surface area (Å²) in [6.07, 6.45) is 3.71. The Bertz CT molecular complexity index is 435. The quantitative estimate of drug-likeness (QED) is 0.847. The van der Waals surface area contributed by atoms with Crippen molar-refractivity contribution in [3.63, 3.8) is 0 Å². The summed E-state index contributed by atoms with van der Waals surface area (Å²) in [4.78, 5) is 2.36. The summed E-state index contributed by atoms with van der Waals surface area (Å²) in [5, 5.41) is 10.5. The van der Waals surface area contributed by atoms with Gasteiger partial charge in [-0.05, 0) is 26.2 Å². The molecule has 0 spiro atoms. The van der Waals surface area contributed by atoms with Crippen LogP contribution >= 0.6 is 11.3 Å². The Morgan fingerprint density at radius 1 is 1.53 bits per heavy atom. The molecule has 19 heavy (non-hydrogen) atoms. The molecule has 106 valence electrons. The highest BCUT2D eigenvalue weighted by Gasteiger charge is 2.46. The van der Waals surface area contributed by atoms with Crippen molar-refractivity contribution in [2.75, 3.05) is 38.3 Å². The number of aryl methyl sites for hydroxylation is 1. The number of fused-ring (bicyclic) bond motifs is 1. The highest BCUT2D eigenvalue weighted by atomic mass is 32.1. The van der Waals surface area contributed by atoms with E-state index in [1.165, 1.54) is 6.42 Å². The maximum Gasteiger partial charge on any atom is 0.208 e. The van der Waals surface area contributed by atoms with Crippen molar-refractivity contribution in [3.8, 4) is 0 Å². The van der Waals surface area contributed by atoms with Crippen molar-refractivity contribution in [1.29, 1.82) is 0 Å². The van der Waals surface area contributed by atoms with Crippen LogP contribution < -0.4 is 4.90 Å². The summed E-state index contributed by atoms with van der Waals surface area (Å²) in [5.74, 6) is 0. The van der Waals surface area contributed by atoms with Crippen LogP contribution in [0.15, 0.2) is 0 Å². The van der Waals surface area contributed by atoms with E-state index in [4.69, 9.17) is 9.47 Å². The summed E-state index contributed by atoms with van der Waals surface area (Å²) in [6.45, 7) is 5.65. The third kappa shape index (κ3) is 2.49. The number of rotatable bonds is 3. The molecule has 1 aromatic rings. The SMILES string of the molecule is COC[C@]12CCCO[C@@H]1CCN(c1nnc(C)s1)C2. The van der Waals surface area contributed by atoms with Crippen LogP contribution in [0.1, 0.15) is 24.3 Å². The minimum absolute atomic E-state index is 0.130. The van der Waals surface area contributed by atoms with Gasteiger partial charge in [0.25, 0.3) is 0 Å². The van der Waals surface area contributed by atoms with Crippen LogP contribution in [0, 0.1) is 12.3 Å². The van der Waals surface area contributed by atoms with Gasteiger partial charge in [-0.25, -0.2) is 0 Å². The Kier molecular flexibility index (Phi) is 3.73. The van der Waals surface area contributed by atoms with Gasteiger partial charge in [0, 0.05) is 32.2 Å². The maximum atomic E-state index is 5.99. The lowest BCUT2D eigenvalue weighted by Crippen LogP contribution is -2.57. The Labute approximate surface area is 117 Å². The van der Waals surface area contributed by atoms with Crippen LogP contribution in [0.5, 0.6) is 0 Å². The fourth-order valence-corrected chi connectivity index (χ4v) is 4.08. The Hall–Kier alpha value is -0.720. The molecule has 0 radical (unpaired) electrons. The topological polar surface area (TPSA) is 47.5 Å². The molecule has 0 aromatic carbocycles. The van der Waals surface area contributed by atoms with Gasteiger partial charge in [0.1, 0.15) is 5.01 Å². The van der Waals surface area contributed by atoms with Crippen LogP contribution in [-0.4, -0.2) is 49.7 Å². The normalized spacial score (nSPS) is 31.3. The standard InChI is InChI=1S/C13H21N3O2S/c1-10-14-15-12(19-10)16-6-4-11-13(8-16,9-17-2)5-3-7-18-11/h11H,3-9H2,1-2H3/t11-,13-/m1/s1. The predicted molar refractivity (Wildman–Crippen MR) is 74.8 cm³/mol. The van der Waals surface area contributed by atoms with Crippen molar-refractivity contribution in [2.24, 2.45) is 5.41 Å². The van der Waals surface area contributed by atoms with E-state index in [1.807, 2.05) is 6.92 Å². The van der Waals surface area contributed by atoms with Gasteiger partial charge < -0.3 is 14.4 Å². The molecule has 3 heterocycles. The van der Waals surface area contributed by atoms with E-state index in [-0.39, 0.29) is 5.41 Å². The number of ether oxygens (including phenoxy) is 2. The third-order valence-electron chi connectivity index (χ3n) is 4.21. The predicted octanol–water partition coefficient (Wildman–Crippen LogP) is 1.87. The number of nitrogens with zero attached hydrogens (tertiary/aromatic N) is 3. The molecule has 2 aliphatic rings. The largest absolute Gasteiger partial charge is 0.384 e. The van der Waals surface area contributed by atoms with Crippen molar-refractivity contribution in [2.45, 2.75) is 32.3 Å². The summed E-state index contributed by atoms with van der Waals surface area (Å²) in [6, 6.07) is 0. The summed E-state index contributed by atoms with van der Waals surface area (Å²) in [7, 11) is 1.79. The zero-order valence-corrected chi connectivity index (χ0v) is 12.4. The molecule has 6 heteroatoms. The van der Waals surface area contributed by atoms with Crippen LogP contribution in [-0.2, 0) is 9.47 Å². The molecule has 0 unspecified atom stereocenters. The third-order valence-corrected chi connectivity index (χ3v) is 5.11. The molecule has 0 saturated carbocycles. The summed E-state index contributed by atoms with van der Waals surface area (Å²) in [5.41, 5.74) is 0.130. The first-order valence-corrected chi connectivity index (χ1v) is 7.71. The molecule has 2 fully saturated rings. The summed E-state index contributed by atoms with van der Waals surface area (Å²) >= 11 is 1.67.